The molecule has 1 atom stereocenters. The molecule has 0 bridgehead atoms. The summed E-state index contributed by atoms with van der Waals surface area (Å²) in [7, 11) is 0. The molecule has 0 aromatic heterocycles. The molecule has 98 valence electrons. The molecule has 2 amide bonds. The van der Waals surface area contributed by atoms with Crippen LogP contribution in [0.2, 0.25) is 0 Å². The molecule has 0 aliphatic carbocycles. The lowest BCUT2D eigenvalue weighted by atomic mass is 9.99. The topological polar surface area (TPSA) is 37.4 Å². The smallest absolute Gasteiger partial charge is 0.232 e. The number of hydrogen-bond donors (Lipinski definition) is 0. The van der Waals surface area contributed by atoms with Gasteiger partial charge < -0.3 is 0 Å². The number of unbranched alkanes of at least 4 members (excludes halogenated alkanes) is 4. The largest absolute Gasteiger partial charge is 0.282 e. The molecule has 0 N–H and O–H groups in total. The van der Waals surface area contributed by atoms with Gasteiger partial charge in [-0.25, -0.2) is 0 Å². The van der Waals surface area contributed by atoms with E-state index in [1.54, 1.807) is 0 Å². The van der Waals surface area contributed by atoms with Crippen molar-refractivity contribution in [1.29, 1.82) is 0 Å². The van der Waals surface area contributed by atoms with Crippen molar-refractivity contribution in [3.05, 3.63) is 0 Å². The summed E-state index contributed by atoms with van der Waals surface area (Å²) < 4.78 is 0. The van der Waals surface area contributed by atoms with Gasteiger partial charge in [0.05, 0.1) is 0 Å². The molecule has 17 heavy (non-hydrogen) atoms. The van der Waals surface area contributed by atoms with Crippen LogP contribution in [-0.4, -0.2) is 23.3 Å². The van der Waals surface area contributed by atoms with Gasteiger partial charge in [0.2, 0.25) is 11.8 Å². The highest BCUT2D eigenvalue weighted by molar-refractivity contribution is 6.03. The molecule has 1 saturated heterocycles. The predicted molar refractivity (Wildman–Crippen MR) is 68.5 cm³/mol. The molecule has 0 radical (unpaired) electrons. The first-order valence-electron chi connectivity index (χ1n) is 7.04. The van der Waals surface area contributed by atoms with Crippen molar-refractivity contribution in [2.75, 3.05) is 6.54 Å². The number of hydrogen-bond acceptors (Lipinski definition) is 2. The highest BCUT2D eigenvalue weighted by Gasteiger charge is 2.37. The minimum Gasteiger partial charge on any atom is -0.282 e. The summed E-state index contributed by atoms with van der Waals surface area (Å²) in [5.41, 5.74) is 0. The molecule has 1 aliphatic heterocycles. The lowest BCUT2D eigenvalue weighted by Gasteiger charge is -2.14. The van der Waals surface area contributed by atoms with E-state index in [4.69, 9.17) is 0 Å². The predicted octanol–water partition coefficient (Wildman–Crippen LogP) is 3.13. The molecule has 1 rings (SSSR count). The van der Waals surface area contributed by atoms with E-state index in [1.165, 1.54) is 24.2 Å². The Bertz CT molecular complexity index is 263. The zero-order valence-corrected chi connectivity index (χ0v) is 11.2. The number of rotatable bonds is 8. The van der Waals surface area contributed by atoms with Crippen LogP contribution in [0.1, 0.15) is 65.2 Å². The summed E-state index contributed by atoms with van der Waals surface area (Å²) in [4.78, 5) is 25.2. The second-order valence-corrected chi connectivity index (χ2v) is 4.99. The third-order valence-electron chi connectivity index (χ3n) is 3.48. The summed E-state index contributed by atoms with van der Waals surface area (Å²) in [5.74, 6) is 0.111. The van der Waals surface area contributed by atoms with Crippen LogP contribution in [0.15, 0.2) is 0 Å². The maximum absolute atomic E-state index is 12.0. The Balaban J connectivity index is 2.33. The van der Waals surface area contributed by atoms with Crippen LogP contribution in [-0.2, 0) is 9.59 Å². The number of amides is 2. The van der Waals surface area contributed by atoms with Gasteiger partial charge in [0.1, 0.15) is 0 Å². The Morgan fingerprint density at radius 3 is 2.41 bits per heavy atom. The van der Waals surface area contributed by atoms with Crippen LogP contribution in [0.3, 0.4) is 0 Å². The number of carbonyl (C=O) groups excluding carboxylic acids is 2. The van der Waals surface area contributed by atoms with E-state index in [0.29, 0.717) is 13.0 Å². The maximum atomic E-state index is 12.0. The van der Waals surface area contributed by atoms with E-state index in [9.17, 15) is 9.59 Å². The monoisotopic (exact) mass is 239 g/mol. The van der Waals surface area contributed by atoms with Gasteiger partial charge in [-0.3, -0.25) is 14.5 Å². The van der Waals surface area contributed by atoms with E-state index in [0.717, 1.165) is 25.7 Å². The Labute approximate surface area is 105 Å². The van der Waals surface area contributed by atoms with Crippen LogP contribution in [0.25, 0.3) is 0 Å². The quantitative estimate of drug-likeness (QED) is 0.482. The number of carbonyl (C=O) groups is 2. The molecule has 0 aromatic carbocycles. The minimum absolute atomic E-state index is 0.0174. The highest BCUT2D eigenvalue weighted by atomic mass is 16.2. The van der Waals surface area contributed by atoms with E-state index >= 15 is 0 Å². The zero-order valence-electron chi connectivity index (χ0n) is 11.2. The first-order valence-corrected chi connectivity index (χ1v) is 7.04. The van der Waals surface area contributed by atoms with Gasteiger partial charge in [0.15, 0.2) is 0 Å². The van der Waals surface area contributed by atoms with Gasteiger partial charge in [-0.2, -0.15) is 0 Å². The van der Waals surface area contributed by atoms with Gasteiger partial charge in [-0.05, 0) is 12.8 Å². The summed E-state index contributed by atoms with van der Waals surface area (Å²) in [6.45, 7) is 4.88. The lowest BCUT2D eigenvalue weighted by molar-refractivity contribution is -0.139. The highest BCUT2D eigenvalue weighted by Crippen LogP contribution is 2.25. The van der Waals surface area contributed by atoms with Gasteiger partial charge in [-0.1, -0.05) is 46.0 Å². The standard InChI is InChI=1S/C14H25NO2/c1-3-5-7-8-9-12-11-13(16)15(14(12)17)10-6-4-2/h12H,3-11H2,1-2H3. The van der Waals surface area contributed by atoms with Crippen LogP contribution in [0, 0.1) is 5.92 Å². The zero-order chi connectivity index (χ0) is 12.7. The first kappa shape index (κ1) is 14.2. The van der Waals surface area contributed by atoms with Crippen molar-refractivity contribution in [3.63, 3.8) is 0 Å². The molecule has 1 aliphatic rings. The van der Waals surface area contributed by atoms with Crippen molar-refractivity contribution < 1.29 is 9.59 Å². The summed E-state index contributed by atoms with van der Waals surface area (Å²) in [5, 5.41) is 0. The van der Waals surface area contributed by atoms with E-state index in [1.807, 2.05) is 0 Å². The van der Waals surface area contributed by atoms with Crippen molar-refractivity contribution >= 4 is 11.8 Å². The number of imide groups is 1. The van der Waals surface area contributed by atoms with Crippen LogP contribution < -0.4 is 0 Å². The van der Waals surface area contributed by atoms with Crippen LogP contribution in [0.5, 0.6) is 0 Å². The Kier molecular flexibility index (Phi) is 6.23. The SMILES string of the molecule is CCCCCCC1CC(=O)N(CCCC)C1=O. The third kappa shape index (κ3) is 4.14. The molecule has 0 spiro atoms. The Morgan fingerprint density at radius 1 is 1.06 bits per heavy atom. The Hall–Kier alpha value is -0.860. The van der Waals surface area contributed by atoms with Gasteiger partial charge in [0, 0.05) is 18.9 Å². The van der Waals surface area contributed by atoms with E-state index in [2.05, 4.69) is 13.8 Å². The third-order valence-corrected chi connectivity index (χ3v) is 3.48. The second-order valence-electron chi connectivity index (χ2n) is 4.99. The molecule has 1 fully saturated rings. The molecule has 0 aromatic rings. The fourth-order valence-electron chi connectivity index (χ4n) is 2.35. The second kappa shape index (κ2) is 7.46. The average molecular weight is 239 g/mol. The lowest BCUT2D eigenvalue weighted by Crippen LogP contribution is -2.31. The number of likely N-dealkylation sites (tertiary alicyclic amines) is 1. The summed E-state index contributed by atoms with van der Waals surface area (Å²) in [6, 6.07) is 0. The Morgan fingerprint density at radius 2 is 1.76 bits per heavy atom. The van der Waals surface area contributed by atoms with E-state index in [-0.39, 0.29) is 17.7 Å². The molecule has 1 heterocycles. The van der Waals surface area contributed by atoms with Crippen molar-refractivity contribution in [3.8, 4) is 0 Å². The number of nitrogens with zero attached hydrogens (tertiary/aromatic N) is 1. The fraction of sp³-hybridized carbons (Fsp3) is 0.857. The van der Waals surface area contributed by atoms with Gasteiger partial charge >= 0.3 is 0 Å². The van der Waals surface area contributed by atoms with Gasteiger partial charge in [-0.15, -0.1) is 0 Å². The van der Waals surface area contributed by atoms with Crippen LogP contribution in [0.4, 0.5) is 0 Å². The molecular weight excluding hydrogens is 214 g/mol. The summed E-state index contributed by atoms with van der Waals surface area (Å²) in [6.07, 6.45) is 8.01. The molecule has 0 saturated carbocycles. The average Bonchev–Trinajstić information content (AvgIpc) is 2.58. The van der Waals surface area contributed by atoms with Gasteiger partial charge in [0.25, 0.3) is 0 Å². The summed E-state index contributed by atoms with van der Waals surface area (Å²) >= 11 is 0. The maximum Gasteiger partial charge on any atom is 0.232 e. The molecular formula is C14H25NO2. The fourth-order valence-corrected chi connectivity index (χ4v) is 2.35. The van der Waals surface area contributed by atoms with Crippen LogP contribution >= 0.6 is 0 Å². The molecule has 3 nitrogen and oxygen atoms in total. The molecule has 3 heteroatoms. The normalized spacial score (nSPS) is 20.4. The first-order chi connectivity index (χ1) is 8.20. The van der Waals surface area contributed by atoms with Crippen molar-refractivity contribution in [2.45, 2.75) is 65.2 Å². The van der Waals surface area contributed by atoms with E-state index < -0.39 is 0 Å². The van der Waals surface area contributed by atoms with Crippen molar-refractivity contribution in [2.24, 2.45) is 5.92 Å². The van der Waals surface area contributed by atoms with Crippen molar-refractivity contribution in [1.82, 2.24) is 4.90 Å². The minimum atomic E-state index is -0.0174. The molecule has 1 unspecified atom stereocenters.